The smallest absolute Gasteiger partial charge is 0.422 e. The predicted molar refractivity (Wildman–Crippen MR) is 47.8 cm³/mol. The third-order valence-electron chi connectivity index (χ3n) is 2.16. The van der Waals surface area contributed by atoms with Gasteiger partial charge in [0.25, 0.3) is 0 Å². The molecule has 2 rings (SSSR count). The van der Waals surface area contributed by atoms with Crippen LogP contribution in [0.5, 0.6) is 5.75 Å². The third-order valence-corrected chi connectivity index (χ3v) is 2.16. The number of ether oxygens (including phenoxy) is 1. The Morgan fingerprint density at radius 2 is 2.07 bits per heavy atom. The summed E-state index contributed by atoms with van der Waals surface area (Å²) in [6.07, 6.45) is -0.708. The first kappa shape index (κ1) is 10.3. The molecule has 1 aliphatic carbocycles. The van der Waals surface area contributed by atoms with Gasteiger partial charge in [0.2, 0.25) is 0 Å². The zero-order valence-corrected chi connectivity index (χ0v) is 7.92. The molecule has 1 heterocycles. The molecule has 1 aromatic rings. The maximum Gasteiger partial charge on any atom is 0.422 e. The molecule has 1 fully saturated rings. The van der Waals surface area contributed by atoms with Crippen molar-refractivity contribution in [1.82, 2.24) is 4.98 Å². The number of halogens is 3. The van der Waals surface area contributed by atoms with Crippen molar-refractivity contribution in [1.29, 1.82) is 0 Å². The lowest BCUT2D eigenvalue weighted by Gasteiger charge is -2.08. The van der Waals surface area contributed by atoms with Crippen LogP contribution >= 0.6 is 0 Å². The van der Waals surface area contributed by atoms with Crippen LogP contribution in [0.25, 0.3) is 0 Å². The van der Waals surface area contributed by atoms with Gasteiger partial charge in [0, 0.05) is 11.6 Å². The zero-order valence-electron chi connectivity index (χ0n) is 7.92. The van der Waals surface area contributed by atoms with Gasteiger partial charge in [0.1, 0.15) is 5.75 Å². The summed E-state index contributed by atoms with van der Waals surface area (Å²) in [6, 6.07) is 3.26. The third kappa shape index (κ3) is 3.11. The van der Waals surface area contributed by atoms with Gasteiger partial charge >= 0.3 is 6.18 Å². The Labute approximate surface area is 85.1 Å². The minimum atomic E-state index is -4.30. The maximum atomic E-state index is 11.8. The molecule has 15 heavy (non-hydrogen) atoms. The molecule has 0 saturated heterocycles. The van der Waals surface area contributed by atoms with Gasteiger partial charge in [-0.1, -0.05) is 0 Å². The topological polar surface area (TPSA) is 22.1 Å². The SMILES string of the molecule is FC(F)(F)COc1ccc(C2CC2)nc1. The zero-order chi connectivity index (χ0) is 10.9. The van der Waals surface area contributed by atoms with E-state index in [4.69, 9.17) is 0 Å². The molecule has 0 atom stereocenters. The molecule has 1 saturated carbocycles. The highest BCUT2D eigenvalue weighted by atomic mass is 19.4. The van der Waals surface area contributed by atoms with Crippen molar-refractivity contribution < 1.29 is 17.9 Å². The van der Waals surface area contributed by atoms with E-state index in [9.17, 15) is 13.2 Å². The van der Waals surface area contributed by atoms with Crippen LogP contribution in [0.2, 0.25) is 0 Å². The molecule has 0 radical (unpaired) electrons. The van der Waals surface area contributed by atoms with Crippen molar-refractivity contribution in [2.24, 2.45) is 0 Å². The molecule has 0 aliphatic heterocycles. The summed E-state index contributed by atoms with van der Waals surface area (Å²) >= 11 is 0. The predicted octanol–water partition coefficient (Wildman–Crippen LogP) is 2.90. The summed E-state index contributed by atoms with van der Waals surface area (Å²) < 4.78 is 40.0. The van der Waals surface area contributed by atoms with Crippen molar-refractivity contribution in [2.75, 3.05) is 6.61 Å². The van der Waals surface area contributed by atoms with E-state index in [1.807, 2.05) is 0 Å². The number of alkyl halides is 3. The highest BCUT2D eigenvalue weighted by Crippen LogP contribution is 2.39. The molecule has 1 aromatic heterocycles. The molecule has 82 valence electrons. The van der Waals surface area contributed by atoms with Crippen LogP contribution < -0.4 is 4.74 Å². The second kappa shape index (κ2) is 3.72. The van der Waals surface area contributed by atoms with Crippen LogP contribution in [0.15, 0.2) is 18.3 Å². The van der Waals surface area contributed by atoms with Gasteiger partial charge < -0.3 is 4.74 Å². The van der Waals surface area contributed by atoms with Gasteiger partial charge in [-0.25, -0.2) is 0 Å². The lowest BCUT2D eigenvalue weighted by molar-refractivity contribution is -0.153. The summed E-state index contributed by atoms with van der Waals surface area (Å²) in [7, 11) is 0. The molecular weight excluding hydrogens is 207 g/mol. The standard InChI is InChI=1S/C10H10F3NO/c11-10(12,13)6-15-8-3-4-9(14-5-8)7-1-2-7/h3-5,7H,1-2,6H2. The molecule has 0 N–H and O–H groups in total. The molecular formula is C10H10F3NO. The van der Waals surface area contributed by atoms with E-state index in [-0.39, 0.29) is 5.75 Å². The summed E-state index contributed by atoms with van der Waals surface area (Å²) in [5.41, 5.74) is 0.939. The highest BCUT2D eigenvalue weighted by Gasteiger charge is 2.28. The number of aromatic nitrogens is 1. The van der Waals surface area contributed by atoms with Crippen molar-refractivity contribution in [3.8, 4) is 5.75 Å². The lowest BCUT2D eigenvalue weighted by Crippen LogP contribution is -2.19. The van der Waals surface area contributed by atoms with Crippen molar-refractivity contribution in [2.45, 2.75) is 24.9 Å². The van der Waals surface area contributed by atoms with Crippen molar-refractivity contribution in [3.05, 3.63) is 24.0 Å². The Morgan fingerprint density at radius 1 is 1.33 bits per heavy atom. The van der Waals surface area contributed by atoms with Crippen LogP contribution in [0.3, 0.4) is 0 Å². The number of rotatable bonds is 3. The van der Waals surface area contributed by atoms with Gasteiger partial charge in [-0.05, 0) is 25.0 Å². The van der Waals surface area contributed by atoms with Crippen LogP contribution in [0.4, 0.5) is 13.2 Å². The first-order chi connectivity index (χ1) is 7.04. The maximum absolute atomic E-state index is 11.8. The van der Waals surface area contributed by atoms with Crippen LogP contribution in [-0.2, 0) is 0 Å². The molecule has 0 amide bonds. The summed E-state index contributed by atoms with van der Waals surface area (Å²) in [4.78, 5) is 4.05. The van der Waals surface area contributed by atoms with E-state index < -0.39 is 12.8 Å². The van der Waals surface area contributed by atoms with E-state index in [0.717, 1.165) is 18.5 Å². The van der Waals surface area contributed by atoms with Crippen LogP contribution in [0.1, 0.15) is 24.5 Å². The van der Waals surface area contributed by atoms with E-state index in [2.05, 4.69) is 9.72 Å². The largest absolute Gasteiger partial charge is 0.483 e. The fraction of sp³-hybridized carbons (Fsp3) is 0.500. The van der Waals surface area contributed by atoms with Crippen molar-refractivity contribution in [3.63, 3.8) is 0 Å². The fourth-order valence-electron chi connectivity index (χ4n) is 1.26. The molecule has 0 spiro atoms. The van der Waals surface area contributed by atoms with Gasteiger partial charge in [-0.15, -0.1) is 0 Å². The molecule has 0 unspecified atom stereocenters. The lowest BCUT2D eigenvalue weighted by atomic mass is 10.2. The quantitative estimate of drug-likeness (QED) is 0.776. The second-order valence-electron chi connectivity index (χ2n) is 3.60. The van der Waals surface area contributed by atoms with Crippen LogP contribution in [-0.4, -0.2) is 17.8 Å². The monoisotopic (exact) mass is 217 g/mol. The average Bonchev–Trinajstić information content (AvgIpc) is 2.98. The van der Waals surface area contributed by atoms with E-state index >= 15 is 0 Å². The van der Waals surface area contributed by atoms with Gasteiger partial charge in [0.05, 0.1) is 6.20 Å². The molecule has 0 aromatic carbocycles. The number of hydrogen-bond donors (Lipinski definition) is 0. The van der Waals surface area contributed by atoms with Gasteiger partial charge in [-0.2, -0.15) is 13.2 Å². The summed E-state index contributed by atoms with van der Waals surface area (Å²) in [6.45, 7) is -1.27. The Morgan fingerprint density at radius 3 is 2.53 bits per heavy atom. The Hall–Kier alpha value is -1.26. The Balaban J connectivity index is 1.92. The average molecular weight is 217 g/mol. The minimum Gasteiger partial charge on any atom is -0.483 e. The van der Waals surface area contributed by atoms with Gasteiger partial charge in [-0.3, -0.25) is 4.98 Å². The number of pyridine rings is 1. The van der Waals surface area contributed by atoms with E-state index in [1.165, 1.54) is 12.3 Å². The molecule has 0 bridgehead atoms. The molecule has 2 nitrogen and oxygen atoms in total. The van der Waals surface area contributed by atoms with Crippen LogP contribution in [0, 0.1) is 0 Å². The Kier molecular flexibility index (Phi) is 2.54. The van der Waals surface area contributed by atoms with Gasteiger partial charge in [0.15, 0.2) is 6.61 Å². The molecule has 5 heteroatoms. The molecule has 1 aliphatic rings. The Bertz CT molecular complexity index is 330. The highest BCUT2D eigenvalue weighted by molar-refractivity contribution is 5.23. The number of nitrogens with zero attached hydrogens (tertiary/aromatic N) is 1. The number of hydrogen-bond acceptors (Lipinski definition) is 2. The minimum absolute atomic E-state index is 0.164. The summed E-state index contributed by atoms with van der Waals surface area (Å²) in [5.74, 6) is 0.665. The normalized spacial score (nSPS) is 16.5. The van der Waals surface area contributed by atoms with Crippen molar-refractivity contribution >= 4 is 0 Å². The van der Waals surface area contributed by atoms with E-state index in [1.54, 1.807) is 6.07 Å². The van der Waals surface area contributed by atoms with E-state index in [0.29, 0.717) is 5.92 Å². The first-order valence-corrected chi connectivity index (χ1v) is 4.70. The summed E-state index contributed by atoms with van der Waals surface area (Å²) in [5, 5.41) is 0. The second-order valence-corrected chi connectivity index (χ2v) is 3.60. The first-order valence-electron chi connectivity index (χ1n) is 4.70. The fourth-order valence-corrected chi connectivity index (χ4v) is 1.26.